The lowest BCUT2D eigenvalue weighted by Crippen LogP contribution is -2.32. The molecule has 94 valence electrons. The summed E-state index contributed by atoms with van der Waals surface area (Å²) in [5.41, 5.74) is 0.0828. The Labute approximate surface area is 103 Å². The number of ether oxygens (including phenoxy) is 1. The summed E-state index contributed by atoms with van der Waals surface area (Å²) < 4.78 is 11.3. The van der Waals surface area contributed by atoms with Crippen molar-refractivity contribution in [1.29, 1.82) is 0 Å². The zero-order valence-electron chi connectivity index (χ0n) is 11.2. The van der Waals surface area contributed by atoms with Crippen molar-refractivity contribution < 1.29 is 9.16 Å². The SMILES string of the molecule is CC(CCC1CCC2OC2C1)C(C)(C)O[SiH3]. The molecule has 0 amide bonds. The van der Waals surface area contributed by atoms with Gasteiger partial charge in [-0.05, 0) is 57.8 Å². The monoisotopic (exact) mass is 242 g/mol. The lowest BCUT2D eigenvalue weighted by Gasteiger charge is -2.32. The second kappa shape index (κ2) is 4.79. The van der Waals surface area contributed by atoms with Crippen molar-refractivity contribution in [2.45, 2.75) is 70.7 Å². The maximum atomic E-state index is 5.68. The third-order valence-corrected chi connectivity index (χ3v) is 5.89. The molecule has 16 heavy (non-hydrogen) atoms. The molecule has 1 heterocycles. The molecule has 2 fully saturated rings. The first-order valence-corrected chi connectivity index (χ1v) is 7.55. The van der Waals surface area contributed by atoms with Crippen LogP contribution < -0.4 is 0 Å². The van der Waals surface area contributed by atoms with Gasteiger partial charge in [-0.2, -0.15) is 0 Å². The summed E-state index contributed by atoms with van der Waals surface area (Å²) in [5, 5.41) is 0. The average molecular weight is 242 g/mol. The second-order valence-electron chi connectivity index (χ2n) is 6.18. The molecule has 2 aliphatic rings. The molecule has 1 aliphatic carbocycles. The molecule has 0 radical (unpaired) electrons. The zero-order valence-corrected chi connectivity index (χ0v) is 13.2. The summed E-state index contributed by atoms with van der Waals surface area (Å²) in [6.07, 6.45) is 7.96. The molecule has 2 nitrogen and oxygen atoms in total. The van der Waals surface area contributed by atoms with Crippen molar-refractivity contribution in [3.63, 3.8) is 0 Å². The van der Waals surface area contributed by atoms with E-state index >= 15 is 0 Å². The van der Waals surface area contributed by atoms with E-state index in [1.165, 1.54) is 32.1 Å². The molecule has 4 unspecified atom stereocenters. The van der Waals surface area contributed by atoms with Crippen LogP contribution in [0, 0.1) is 11.8 Å². The number of hydrogen-bond acceptors (Lipinski definition) is 2. The van der Waals surface area contributed by atoms with E-state index in [9.17, 15) is 0 Å². The Morgan fingerprint density at radius 1 is 1.38 bits per heavy atom. The number of epoxide rings is 1. The molecule has 0 aromatic carbocycles. The minimum atomic E-state index is 0.0828. The van der Waals surface area contributed by atoms with Crippen molar-refractivity contribution in [1.82, 2.24) is 0 Å². The van der Waals surface area contributed by atoms with Gasteiger partial charge in [-0.3, -0.25) is 0 Å². The fraction of sp³-hybridized carbons (Fsp3) is 1.00. The molecule has 0 bridgehead atoms. The maximum absolute atomic E-state index is 5.68. The van der Waals surface area contributed by atoms with Crippen molar-refractivity contribution in [2.24, 2.45) is 11.8 Å². The molecule has 0 N–H and O–H groups in total. The van der Waals surface area contributed by atoms with Gasteiger partial charge in [0.1, 0.15) is 10.5 Å². The van der Waals surface area contributed by atoms with E-state index in [1.807, 2.05) is 0 Å². The van der Waals surface area contributed by atoms with Gasteiger partial charge in [-0.25, -0.2) is 0 Å². The van der Waals surface area contributed by atoms with Gasteiger partial charge < -0.3 is 9.16 Å². The van der Waals surface area contributed by atoms with Gasteiger partial charge in [0.15, 0.2) is 0 Å². The third-order valence-electron chi connectivity index (χ3n) is 4.83. The number of hydrogen-bond donors (Lipinski definition) is 0. The Balaban J connectivity index is 1.70. The lowest BCUT2D eigenvalue weighted by atomic mass is 9.81. The highest BCUT2D eigenvalue weighted by molar-refractivity contribution is 5.98. The van der Waals surface area contributed by atoms with E-state index in [0.29, 0.717) is 18.1 Å². The summed E-state index contributed by atoms with van der Waals surface area (Å²) in [4.78, 5) is 0. The van der Waals surface area contributed by atoms with Crippen LogP contribution in [0.15, 0.2) is 0 Å². The summed E-state index contributed by atoms with van der Waals surface area (Å²) in [7, 11) is 0.845. The van der Waals surface area contributed by atoms with E-state index < -0.39 is 0 Å². The topological polar surface area (TPSA) is 21.8 Å². The van der Waals surface area contributed by atoms with Crippen LogP contribution in [0.25, 0.3) is 0 Å². The van der Waals surface area contributed by atoms with Gasteiger partial charge in [-0.1, -0.05) is 6.92 Å². The summed E-state index contributed by atoms with van der Waals surface area (Å²) >= 11 is 0. The van der Waals surface area contributed by atoms with Crippen LogP contribution in [-0.2, 0) is 9.16 Å². The van der Waals surface area contributed by atoms with Gasteiger partial charge in [0.2, 0.25) is 0 Å². The van der Waals surface area contributed by atoms with Crippen LogP contribution in [-0.4, -0.2) is 28.3 Å². The summed E-state index contributed by atoms with van der Waals surface area (Å²) in [6.45, 7) is 6.79. The largest absolute Gasteiger partial charge is 0.423 e. The van der Waals surface area contributed by atoms with E-state index in [-0.39, 0.29) is 5.60 Å². The van der Waals surface area contributed by atoms with Gasteiger partial charge in [-0.15, -0.1) is 0 Å². The molecule has 1 aliphatic heterocycles. The molecule has 2 rings (SSSR count). The first-order chi connectivity index (χ1) is 7.53. The molecular formula is C13H26O2Si. The fourth-order valence-corrected chi connectivity index (χ4v) is 3.19. The standard InChI is InChI=1S/C13H26O2Si/c1-9(13(2,3)15-16)4-5-10-6-7-11-12(8-10)14-11/h9-12H,4-8H2,1-3,16H3. The molecule has 0 aromatic rings. The zero-order chi connectivity index (χ0) is 11.8. The summed E-state index contributed by atoms with van der Waals surface area (Å²) in [6, 6.07) is 0. The van der Waals surface area contributed by atoms with Crippen LogP contribution in [0.5, 0.6) is 0 Å². The molecule has 1 saturated carbocycles. The van der Waals surface area contributed by atoms with Gasteiger partial charge >= 0.3 is 0 Å². The van der Waals surface area contributed by atoms with Gasteiger partial charge in [0.05, 0.1) is 17.8 Å². The van der Waals surface area contributed by atoms with Crippen LogP contribution in [0.4, 0.5) is 0 Å². The van der Waals surface area contributed by atoms with Gasteiger partial charge in [0.25, 0.3) is 0 Å². The van der Waals surface area contributed by atoms with Crippen LogP contribution in [0.1, 0.15) is 52.9 Å². The minimum Gasteiger partial charge on any atom is -0.423 e. The quantitative estimate of drug-likeness (QED) is 0.544. The van der Waals surface area contributed by atoms with E-state index in [4.69, 9.17) is 9.16 Å². The van der Waals surface area contributed by atoms with Crippen molar-refractivity contribution in [3.05, 3.63) is 0 Å². The smallest absolute Gasteiger partial charge is 0.146 e. The Hall–Kier alpha value is 0.137. The van der Waals surface area contributed by atoms with Crippen molar-refractivity contribution in [2.75, 3.05) is 0 Å². The molecule has 4 atom stereocenters. The van der Waals surface area contributed by atoms with Crippen molar-refractivity contribution >= 4 is 10.5 Å². The predicted octanol–water partition coefficient (Wildman–Crippen LogP) is 2.05. The number of rotatable bonds is 5. The van der Waals surface area contributed by atoms with Gasteiger partial charge in [0, 0.05) is 0 Å². The highest BCUT2D eigenvalue weighted by Crippen LogP contribution is 2.41. The lowest BCUT2D eigenvalue weighted by molar-refractivity contribution is 0.0534. The normalized spacial score (nSPS) is 35.8. The van der Waals surface area contributed by atoms with Crippen LogP contribution in [0.2, 0.25) is 0 Å². The third kappa shape index (κ3) is 2.87. The molecule has 1 saturated heterocycles. The Kier molecular flexibility index (Phi) is 3.77. The average Bonchev–Trinajstić information content (AvgIpc) is 3.03. The second-order valence-corrected chi connectivity index (χ2v) is 6.59. The Morgan fingerprint density at radius 3 is 2.75 bits per heavy atom. The minimum absolute atomic E-state index is 0.0828. The fourth-order valence-electron chi connectivity index (χ4n) is 2.78. The summed E-state index contributed by atoms with van der Waals surface area (Å²) in [5.74, 6) is 1.58. The first kappa shape index (κ1) is 12.6. The number of fused-ring (bicyclic) bond motifs is 1. The predicted molar refractivity (Wildman–Crippen MR) is 69.5 cm³/mol. The highest BCUT2D eigenvalue weighted by Gasteiger charge is 2.43. The first-order valence-electron chi connectivity index (χ1n) is 6.73. The molecule has 0 aromatic heterocycles. The van der Waals surface area contributed by atoms with E-state index in [0.717, 1.165) is 16.4 Å². The molecule has 3 heteroatoms. The van der Waals surface area contributed by atoms with Crippen LogP contribution >= 0.6 is 0 Å². The van der Waals surface area contributed by atoms with E-state index in [1.54, 1.807) is 0 Å². The van der Waals surface area contributed by atoms with Crippen molar-refractivity contribution in [3.8, 4) is 0 Å². The van der Waals surface area contributed by atoms with E-state index in [2.05, 4.69) is 20.8 Å². The Bertz CT molecular complexity index is 242. The molecule has 0 spiro atoms. The molecular weight excluding hydrogens is 216 g/mol. The highest BCUT2D eigenvalue weighted by atomic mass is 28.2. The van der Waals surface area contributed by atoms with Crippen LogP contribution in [0.3, 0.4) is 0 Å². The Morgan fingerprint density at radius 2 is 2.12 bits per heavy atom. The maximum Gasteiger partial charge on any atom is 0.146 e.